The highest BCUT2D eigenvalue weighted by atomic mass is 79.9. The fraction of sp³-hybridized carbons (Fsp3) is 0.333. The van der Waals surface area contributed by atoms with Crippen LogP contribution in [-0.4, -0.2) is 22.0 Å². The SMILES string of the molecule is CC(C)C(NC(=O)c1cccc(NC(=O)c2ccc(Br)o2)c1)c1nc(C2CC2)no1. The van der Waals surface area contributed by atoms with Gasteiger partial charge in [-0.05, 0) is 65.0 Å². The lowest BCUT2D eigenvalue weighted by Gasteiger charge is -2.18. The number of aromatic nitrogens is 2. The van der Waals surface area contributed by atoms with Gasteiger partial charge in [0.15, 0.2) is 16.3 Å². The van der Waals surface area contributed by atoms with E-state index < -0.39 is 11.9 Å². The van der Waals surface area contributed by atoms with E-state index in [-0.39, 0.29) is 17.6 Å². The van der Waals surface area contributed by atoms with Crippen LogP contribution in [0.3, 0.4) is 0 Å². The fourth-order valence-corrected chi connectivity index (χ4v) is 3.29. The molecule has 2 heterocycles. The molecule has 30 heavy (non-hydrogen) atoms. The second-order valence-corrected chi connectivity index (χ2v) is 8.38. The third-order valence-electron chi connectivity index (χ3n) is 4.80. The molecule has 4 rings (SSSR count). The summed E-state index contributed by atoms with van der Waals surface area (Å²) in [6, 6.07) is 9.47. The first-order valence-corrected chi connectivity index (χ1v) is 10.5. The van der Waals surface area contributed by atoms with Crippen molar-refractivity contribution in [2.75, 3.05) is 5.32 Å². The molecule has 1 aliphatic rings. The van der Waals surface area contributed by atoms with Gasteiger partial charge in [0.05, 0.1) is 0 Å². The molecule has 2 N–H and O–H groups in total. The minimum absolute atomic E-state index is 0.0572. The Hall–Kier alpha value is -2.94. The average Bonchev–Trinajstić information content (AvgIpc) is 3.29. The maximum absolute atomic E-state index is 12.9. The number of carbonyl (C=O) groups excluding carboxylic acids is 2. The number of anilines is 1. The van der Waals surface area contributed by atoms with Crippen LogP contribution < -0.4 is 10.6 Å². The van der Waals surface area contributed by atoms with Crippen LogP contribution in [0.5, 0.6) is 0 Å². The van der Waals surface area contributed by atoms with Crippen LogP contribution in [0.2, 0.25) is 0 Å². The molecule has 0 spiro atoms. The van der Waals surface area contributed by atoms with Crippen molar-refractivity contribution in [2.45, 2.75) is 38.6 Å². The molecule has 2 amide bonds. The monoisotopic (exact) mass is 472 g/mol. The number of nitrogens with zero attached hydrogens (tertiary/aromatic N) is 2. The van der Waals surface area contributed by atoms with Crippen molar-refractivity contribution in [1.29, 1.82) is 0 Å². The third-order valence-corrected chi connectivity index (χ3v) is 5.23. The fourth-order valence-electron chi connectivity index (χ4n) is 2.99. The molecule has 0 aliphatic heterocycles. The molecule has 3 aromatic rings. The zero-order chi connectivity index (χ0) is 21.3. The van der Waals surface area contributed by atoms with Gasteiger partial charge in [0.25, 0.3) is 11.8 Å². The van der Waals surface area contributed by atoms with Crippen molar-refractivity contribution in [2.24, 2.45) is 5.92 Å². The Kier molecular flexibility index (Phi) is 5.72. The molecule has 1 atom stereocenters. The number of hydrogen-bond donors (Lipinski definition) is 2. The Balaban J connectivity index is 1.46. The first-order chi connectivity index (χ1) is 14.4. The molecule has 0 radical (unpaired) electrons. The summed E-state index contributed by atoms with van der Waals surface area (Å²) in [4.78, 5) is 29.6. The maximum Gasteiger partial charge on any atom is 0.291 e. The summed E-state index contributed by atoms with van der Waals surface area (Å²) in [6.07, 6.45) is 2.15. The molecule has 1 aliphatic carbocycles. The Morgan fingerprint density at radius 3 is 2.63 bits per heavy atom. The van der Waals surface area contributed by atoms with Gasteiger partial charge in [-0.1, -0.05) is 25.1 Å². The van der Waals surface area contributed by atoms with Gasteiger partial charge in [-0.25, -0.2) is 0 Å². The Bertz CT molecular complexity index is 1070. The van der Waals surface area contributed by atoms with E-state index in [0.29, 0.717) is 33.6 Å². The first kappa shape index (κ1) is 20.3. The zero-order valence-electron chi connectivity index (χ0n) is 16.5. The van der Waals surface area contributed by atoms with Gasteiger partial charge in [0.1, 0.15) is 6.04 Å². The van der Waals surface area contributed by atoms with Crippen LogP contribution >= 0.6 is 15.9 Å². The van der Waals surface area contributed by atoms with Gasteiger partial charge in [0, 0.05) is 17.2 Å². The molecule has 9 heteroatoms. The van der Waals surface area contributed by atoms with E-state index in [4.69, 9.17) is 8.94 Å². The number of furan rings is 1. The van der Waals surface area contributed by atoms with Crippen molar-refractivity contribution in [1.82, 2.24) is 15.5 Å². The van der Waals surface area contributed by atoms with Crippen LogP contribution in [0.15, 0.2) is 50.0 Å². The highest BCUT2D eigenvalue weighted by molar-refractivity contribution is 9.10. The van der Waals surface area contributed by atoms with E-state index in [1.165, 1.54) is 0 Å². The smallest absolute Gasteiger partial charge is 0.291 e. The predicted octanol–water partition coefficient (Wildman–Crippen LogP) is 4.68. The molecule has 1 aromatic carbocycles. The van der Waals surface area contributed by atoms with Crippen LogP contribution in [0, 0.1) is 5.92 Å². The number of hydrogen-bond acceptors (Lipinski definition) is 6. The van der Waals surface area contributed by atoms with E-state index >= 15 is 0 Å². The Morgan fingerprint density at radius 2 is 1.97 bits per heavy atom. The van der Waals surface area contributed by atoms with Gasteiger partial charge in [-0.2, -0.15) is 4.98 Å². The van der Waals surface area contributed by atoms with Crippen molar-refractivity contribution < 1.29 is 18.5 Å². The normalized spacial score (nSPS) is 14.5. The molecule has 2 aromatic heterocycles. The summed E-state index contributed by atoms with van der Waals surface area (Å²) >= 11 is 3.17. The van der Waals surface area contributed by atoms with Crippen molar-refractivity contribution in [3.05, 3.63) is 64.1 Å². The molecular formula is C21H21BrN4O4. The summed E-state index contributed by atoms with van der Waals surface area (Å²) in [6.45, 7) is 3.95. The zero-order valence-corrected chi connectivity index (χ0v) is 18.1. The molecule has 8 nitrogen and oxygen atoms in total. The summed E-state index contributed by atoms with van der Waals surface area (Å²) in [5, 5.41) is 9.73. The van der Waals surface area contributed by atoms with Crippen molar-refractivity contribution in [3.63, 3.8) is 0 Å². The van der Waals surface area contributed by atoms with E-state index in [2.05, 4.69) is 36.7 Å². The summed E-state index contributed by atoms with van der Waals surface area (Å²) in [5.74, 6) is 1.02. The topological polar surface area (TPSA) is 110 Å². The molecule has 1 fully saturated rings. The maximum atomic E-state index is 12.9. The third kappa shape index (κ3) is 4.62. The minimum Gasteiger partial charge on any atom is -0.444 e. The Labute approximate surface area is 181 Å². The van der Waals surface area contributed by atoms with Gasteiger partial charge in [-0.3, -0.25) is 9.59 Å². The molecule has 0 saturated heterocycles. The Morgan fingerprint density at radius 1 is 1.17 bits per heavy atom. The number of carbonyl (C=O) groups is 2. The van der Waals surface area contributed by atoms with Crippen LogP contribution in [-0.2, 0) is 0 Å². The standard InChI is InChI=1S/C21H21BrN4O4/c1-11(2)17(21-25-18(26-30-21)12-6-7-12)24-19(27)13-4-3-5-14(10-13)23-20(28)15-8-9-16(22)29-15/h3-5,8-12,17H,6-7H2,1-2H3,(H,23,28)(H,24,27). The van der Waals surface area contributed by atoms with Crippen molar-refractivity contribution >= 4 is 33.4 Å². The summed E-state index contributed by atoms with van der Waals surface area (Å²) in [5.41, 5.74) is 0.885. The number of halogens is 1. The van der Waals surface area contributed by atoms with E-state index in [0.717, 1.165) is 12.8 Å². The average molecular weight is 473 g/mol. The number of rotatable bonds is 7. The van der Waals surface area contributed by atoms with E-state index in [1.807, 2.05) is 13.8 Å². The minimum atomic E-state index is -0.406. The highest BCUT2D eigenvalue weighted by Crippen LogP contribution is 2.38. The molecule has 1 unspecified atom stereocenters. The quantitative estimate of drug-likeness (QED) is 0.516. The highest BCUT2D eigenvalue weighted by Gasteiger charge is 2.31. The second kappa shape index (κ2) is 8.43. The number of benzene rings is 1. The van der Waals surface area contributed by atoms with E-state index in [9.17, 15) is 9.59 Å². The lowest BCUT2D eigenvalue weighted by molar-refractivity contribution is 0.0913. The van der Waals surface area contributed by atoms with Gasteiger partial charge < -0.3 is 19.6 Å². The molecule has 0 bridgehead atoms. The largest absolute Gasteiger partial charge is 0.444 e. The molecule has 156 valence electrons. The lowest BCUT2D eigenvalue weighted by Crippen LogP contribution is -2.32. The van der Waals surface area contributed by atoms with Gasteiger partial charge in [-0.15, -0.1) is 0 Å². The van der Waals surface area contributed by atoms with Crippen molar-refractivity contribution in [3.8, 4) is 0 Å². The molecule has 1 saturated carbocycles. The van der Waals surface area contributed by atoms with Gasteiger partial charge in [0.2, 0.25) is 5.89 Å². The van der Waals surface area contributed by atoms with Crippen LogP contribution in [0.4, 0.5) is 5.69 Å². The van der Waals surface area contributed by atoms with E-state index in [1.54, 1.807) is 36.4 Å². The molecular weight excluding hydrogens is 452 g/mol. The number of amides is 2. The first-order valence-electron chi connectivity index (χ1n) is 9.72. The second-order valence-electron chi connectivity index (χ2n) is 7.60. The summed E-state index contributed by atoms with van der Waals surface area (Å²) in [7, 11) is 0. The lowest BCUT2D eigenvalue weighted by atomic mass is 10.0. The summed E-state index contributed by atoms with van der Waals surface area (Å²) < 4.78 is 11.1. The van der Waals surface area contributed by atoms with Crippen LogP contribution in [0.25, 0.3) is 0 Å². The predicted molar refractivity (Wildman–Crippen MR) is 112 cm³/mol. The van der Waals surface area contributed by atoms with Gasteiger partial charge >= 0.3 is 0 Å². The van der Waals surface area contributed by atoms with Crippen LogP contribution in [0.1, 0.15) is 71.3 Å². The number of nitrogens with one attached hydrogen (secondary N) is 2.